The van der Waals surface area contributed by atoms with Crippen molar-refractivity contribution < 1.29 is 28.7 Å². The van der Waals surface area contributed by atoms with Crippen LogP contribution in [0.15, 0.2) is 68.6 Å². The van der Waals surface area contributed by atoms with E-state index in [1.165, 1.54) is 14.2 Å². The highest BCUT2D eigenvalue weighted by molar-refractivity contribution is 8.08. The van der Waals surface area contributed by atoms with E-state index in [0.29, 0.717) is 45.8 Å². The molecule has 42 heavy (non-hydrogen) atoms. The highest BCUT2D eigenvalue weighted by Crippen LogP contribution is 2.85. The average Bonchev–Trinajstić information content (AvgIpc) is 3.14. The fraction of sp³-hybridized carbons (Fsp3) is 0.438. The molecule has 4 bridgehead atoms. The molecule has 0 amide bonds. The van der Waals surface area contributed by atoms with E-state index in [4.69, 9.17) is 9.47 Å². The summed E-state index contributed by atoms with van der Waals surface area (Å²) >= 11 is 1.36. The van der Waals surface area contributed by atoms with Crippen LogP contribution in [0.4, 0.5) is 0 Å². The minimum absolute atomic E-state index is 0.0890. The van der Waals surface area contributed by atoms with Crippen LogP contribution in [0.5, 0.6) is 0 Å². The van der Waals surface area contributed by atoms with Crippen LogP contribution in [-0.2, 0) is 28.7 Å². The monoisotopic (exact) mass is 600 g/mol. The summed E-state index contributed by atoms with van der Waals surface area (Å²) in [6, 6.07) is 0. The lowest BCUT2D eigenvalue weighted by Gasteiger charge is -2.64. The minimum atomic E-state index is -1.98. The Balaban J connectivity index is 2.00. The van der Waals surface area contributed by atoms with Crippen LogP contribution in [0.3, 0.4) is 0 Å². The van der Waals surface area contributed by atoms with Crippen molar-refractivity contribution in [2.45, 2.75) is 27.7 Å². The maximum atomic E-state index is 15.0. The van der Waals surface area contributed by atoms with Gasteiger partial charge in [-0.2, -0.15) is 10.5 Å². The molecule has 8 aliphatic carbocycles. The van der Waals surface area contributed by atoms with E-state index < -0.39 is 57.0 Å². The highest BCUT2D eigenvalue weighted by atomic mass is 32.2. The number of hydrogen-bond acceptors (Lipinski definition) is 10. The van der Waals surface area contributed by atoms with E-state index in [0.717, 1.165) is 0 Å². The lowest BCUT2D eigenvalue weighted by atomic mass is 9.33. The SMILES string of the molecule is COC(=O)[C@@]12C(=O)C(SC#N)=C3C=C[C@H]4C(C(C)C)=C[C@]31[C@]13C=C(C(C)C)[C@H]2C=CC1=C(SC#N)C(=O)[C@]43C(=O)OC. The number of ketones is 2. The normalized spacial score (nSPS) is 36.5. The van der Waals surface area contributed by atoms with Crippen LogP contribution in [0.25, 0.3) is 0 Å². The molecule has 0 radical (unpaired) electrons. The van der Waals surface area contributed by atoms with E-state index in [2.05, 4.69) is 0 Å². The molecule has 8 rings (SSSR count). The van der Waals surface area contributed by atoms with Crippen LogP contribution in [0.2, 0.25) is 0 Å². The third-order valence-electron chi connectivity index (χ3n) is 10.3. The predicted molar refractivity (Wildman–Crippen MR) is 155 cm³/mol. The van der Waals surface area contributed by atoms with Crippen LogP contribution in [-0.4, -0.2) is 37.7 Å². The third kappa shape index (κ3) is 2.56. The molecule has 8 aliphatic rings. The maximum absolute atomic E-state index is 15.0. The van der Waals surface area contributed by atoms with Crippen LogP contribution >= 0.6 is 23.5 Å². The summed E-state index contributed by atoms with van der Waals surface area (Å²) in [7, 11) is 2.45. The van der Waals surface area contributed by atoms with Gasteiger partial charge in [0.1, 0.15) is 10.8 Å². The number of esters is 2. The van der Waals surface area contributed by atoms with E-state index >= 15 is 9.59 Å². The summed E-state index contributed by atoms with van der Waals surface area (Å²) in [5.41, 5.74) is -5.04. The predicted octanol–water partition coefficient (Wildman–Crippen LogP) is 4.94. The van der Waals surface area contributed by atoms with Crippen molar-refractivity contribution in [3.8, 4) is 10.8 Å². The number of allylic oxidation sites excluding steroid dienone is 12. The molecule has 214 valence electrons. The Morgan fingerprint density at radius 2 is 1.12 bits per heavy atom. The number of ether oxygens (including phenoxy) is 2. The van der Waals surface area contributed by atoms with E-state index in [-0.39, 0.29) is 21.6 Å². The van der Waals surface area contributed by atoms with Gasteiger partial charge in [-0.25, -0.2) is 0 Å². The molecule has 0 unspecified atom stereocenters. The second kappa shape index (κ2) is 8.95. The third-order valence-corrected chi connectivity index (χ3v) is 11.7. The van der Waals surface area contributed by atoms with Gasteiger partial charge >= 0.3 is 11.9 Å². The van der Waals surface area contributed by atoms with Gasteiger partial charge in [-0.1, -0.05) is 75.3 Å². The Labute approximate surface area is 252 Å². The lowest BCUT2D eigenvalue weighted by molar-refractivity contribution is -0.186. The van der Waals surface area contributed by atoms with Gasteiger partial charge in [0.2, 0.25) is 0 Å². The van der Waals surface area contributed by atoms with Crippen molar-refractivity contribution in [3.63, 3.8) is 0 Å². The molecule has 0 fully saturated rings. The van der Waals surface area contributed by atoms with Crippen LogP contribution < -0.4 is 0 Å². The number of thioether (sulfide) groups is 2. The van der Waals surface area contributed by atoms with Gasteiger partial charge < -0.3 is 9.47 Å². The molecular weight excluding hydrogens is 572 g/mol. The summed E-state index contributed by atoms with van der Waals surface area (Å²) in [6.07, 6.45) is 10.8. The van der Waals surface area contributed by atoms with Crippen LogP contribution in [0, 0.1) is 66.7 Å². The molecule has 0 saturated heterocycles. The quantitative estimate of drug-likeness (QED) is 0.178. The zero-order valence-corrected chi connectivity index (χ0v) is 25.6. The van der Waals surface area contributed by atoms with Gasteiger partial charge in [0.25, 0.3) is 0 Å². The molecule has 10 heteroatoms. The van der Waals surface area contributed by atoms with Gasteiger partial charge in [-0.05, 0) is 46.5 Å². The number of thiocyanates is 2. The second-order valence-electron chi connectivity index (χ2n) is 12.0. The second-order valence-corrected chi connectivity index (χ2v) is 13.6. The number of rotatable bonds is 6. The molecule has 2 spiro atoms. The maximum Gasteiger partial charge on any atom is 0.322 e. The summed E-state index contributed by atoms with van der Waals surface area (Å²) < 4.78 is 11.0. The molecule has 0 N–H and O–H groups in total. The van der Waals surface area contributed by atoms with E-state index in [9.17, 15) is 20.1 Å². The molecule has 0 heterocycles. The smallest absolute Gasteiger partial charge is 0.322 e. The van der Waals surface area contributed by atoms with Gasteiger partial charge in [0, 0.05) is 11.8 Å². The first-order chi connectivity index (χ1) is 20.0. The number of methoxy groups -OCH3 is 2. The number of Topliss-reactive ketones (excluding diaryl/α,β-unsaturated/α-hetero) is 2. The van der Waals surface area contributed by atoms with Crippen molar-refractivity contribution in [2.75, 3.05) is 14.2 Å². The molecule has 0 aromatic carbocycles. The largest absolute Gasteiger partial charge is 0.468 e. The highest BCUT2D eigenvalue weighted by Gasteiger charge is 2.90. The van der Waals surface area contributed by atoms with Crippen molar-refractivity contribution in [1.29, 1.82) is 10.5 Å². The summed E-state index contributed by atoms with van der Waals surface area (Å²) in [5, 5.41) is 23.8. The van der Waals surface area contributed by atoms with Gasteiger partial charge in [0.15, 0.2) is 22.4 Å². The van der Waals surface area contributed by atoms with Gasteiger partial charge in [-0.15, -0.1) is 0 Å². The Morgan fingerprint density at radius 1 is 0.762 bits per heavy atom. The summed E-state index contributed by atoms with van der Waals surface area (Å²) in [4.78, 5) is 59.3. The van der Waals surface area contributed by atoms with E-state index in [1.807, 2.05) is 50.6 Å². The van der Waals surface area contributed by atoms with Gasteiger partial charge in [-0.3, -0.25) is 19.2 Å². The van der Waals surface area contributed by atoms with Crippen molar-refractivity contribution >= 4 is 47.0 Å². The van der Waals surface area contributed by atoms with E-state index in [1.54, 1.807) is 24.3 Å². The summed E-state index contributed by atoms with van der Waals surface area (Å²) in [6.45, 7) is 7.74. The Morgan fingerprint density at radius 3 is 1.40 bits per heavy atom. The average molecular weight is 601 g/mol. The Kier molecular flexibility index (Phi) is 6.08. The van der Waals surface area contributed by atoms with Crippen LogP contribution in [0.1, 0.15) is 27.7 Å². The number of carbonyl (C=O) groups is 4. The molecule has 0 aliphatic heterocycles. The summed E-state index contributed by atoms with van der Waals surface area (Å²) in [5.74, 6) is -4.82. The van der Waals surface area contributed by atoms with Crippen molar-refractivity contribution in [2.24, 2.45) is 45.3 Å². The number of carbonyl (C=O) groups excluding carboxylic acids is 4. The Hall–Kier alpha value is -3.60. The topological polar surface area (TPSA) is 134 Å². The molecule has 6 atom stereocenters. The minimum Gasteiger partial charge on any atom is -0.468 e. The van der Waals surface area contributed by atoms with Crippen molar-refractivity contribution in [3.05, 3.63) is 68.6 Å². The molecule has 0 aromatic heterocycles. The molecular formula is C32H28N2O6S2. The lowest BCUT2D eigenvalue weighted by Crippen LogP contribution is -2.71. The number of hydrogen-bond donors (Lipinski definition) is 0. The standard InChI is InChI=1S/C32H28N2O6S2/c1-15(2)17-11-29-21-9-7-19(17)31(27(37)39-5)25(35)24(42-14-34)22-10-8-20(18(16(3)4)12-30(22,29)31)32(29,28(38)40-6)26(36)23(21)41-13-33/h7-12,15-16,19-20H,1-6H3/t19-,20+,29+,30-,31-,32+. The molecule has 0 saturated carbocycles. The molecule has 8 nitrogen and oxygen atoms in total. The fourth-order valence-electron chi connectivity index (χ4n) is 9.09. The molecule has 0 aromatic rings. The fourth-order valence-corrected chi connectivity index (χ4v) is 10.5. The first-order valence-corrected chi connectivity index (χ1v) is 15.3. The number of nitriles is 2. The zero-order valence-electron chi connectivity index (χ0n) is 23.9. The first-order valence-electron chi connectivity index (χ1n) is 13.7. The first kappa shape index (κ1) is 28.5. The number of nitrogens with zero attached hydrogens (tertiary/aromatic N) is 2. The van der Waals surface area contributed by atoms with Gasteiger partial charge in [0.05, 0.1) is 34.9 Å². The van der Waals surface area contributed by atoms with Crippen molar-refractivity contribution in [1.82, 2.24) is 0 Å². The Bertz CT molecular complexity index is 1570. The zero-order chi connectivity index (χ0) is 30.6.